The number of hydrogen-bond acceptors (Lipinski definition) is 3. The molecule has 2 rings (SSSR count). The molecule has 0 aliphatic rings. The van der Waals surface area contributed by atoms with Crippen LogP contribution in [0, 0.1) is 11.3 Å². The third-order valence-corrected chi connectivity index (χ3v) is 4.31. The summed E-state index contributed by atoms with van der Waals surface area (Å²) in [4.78, 5) is 0. The van der Waals surface area contributed by atoms with Crippen molar-refractivity contribution in [3.05, 3.63) is 47.8 Å². The zero-order chi connectivity index (χ0) is 17.3. The highest BCUT2D eigenvalue weighted by Gasteiger charge is 2.28. The van der Waals surface area contributed by atoms with Crippen LogP contribution in [0.15, 0.2) is 36.4 Å². The molecule has 0 amide bonds. The molecule has 0 bridgehead atoms. The van der Waals surface area contributed by atoms with Crippen molar-refractivity contribution < 1.29 is 4.43 Å². The van der Waals surface area contributed by atoms with Gasteiger partial charge in [0.25, 0.3) is 0 Å². The average molecular weight is 328 g/mol. The van der Waals surface area contributed by atoms with Crippen molar-refractivity contribution in [2.45, 2.75) is 51.9 Å². The lowest BCUT2D eigenvalue weighted by molar-refractivity contribution is 0.246. The van der Waals surface area contributed by atoms with Gasteiger partial charge in [-0.05, 0) is 37.8 Å². The largest absolute Gasteiger partial charge is 0.398 e. The number of para-hydroxylation sites is 1. The van der Waals surface area contributed by atoms with E-state index in [4.69, 9.17) is 9.52 Å². The standard InChI is InChI=1S/C18H25N3OSi/c1-18(2,3)17-12-15(16(13-19)22-23(4,5)6)21(20-17)14-10-8-7-9-11-14/h7-12,16H,1-6H3. The summed E-state index contributed by atoms with van der Waals surface area (Å²) in [7, 11) is -1.85. The Balaban J connectivity index is 2.57. The van der Waals surface area contributed by atoms with Crippen molar-refractivity contribution >= 4 is 8.32 Å². The van der Waals surface area contributed by atoms with Gasteiger partial charge in [0.05, 0.1) is 23.1 Å². The van der Waals surface area contributed by atoms with Gasteiger partial charge in [-0.25, -0.2) is 4.68 Å². The van der Waals surface area contributed by atoms with Gasteiger partial charge >= 0.3 is 0 Å². The zero-order valence-electron chi connectivity index (χ0n) is 14.8. The smallest absolute Gasteiger partial charge is 0.186 e. The number of rotatable bonds is 4. The second-order valence-corrected chi connectivity index (χ2v) is 12.2. The van der Waals surface area contributed by atoms with Crippen LogP contribution in [0.3, 0.4) is 0 Å². The van der Waals surface area contributed by atoms with Gasteiger partial charge in [0, 0.05) is 5.41 Å². The normalized spacial score (nSPS) is 13.6. The maximum atomic E-state index is 9.63. The molecule has 0 saturated carbocycles. The summed E-state index contributed by atoms with van der Waals surface area (Å²) in [6.07, 6.45) is -0.606. The van der Waals surface area contributed by atoms with Crippen LogP contribution in [0.25, 0.3) is 5.69 Å². The van der Waals surface area contributed by atoms with Crippen LogP contribution < -0.4 is 0 Å². The predicted octanol–water partition coefficient (Wildman–Crippen LogP) is 4.59. The Labute approximate surface area is 139 Å². The Morgan fingerprint density at radius 1 is 1.17 bits per heavy atom. The summed E-state index contributed by atoms with van der Waals surface area (Å²) >= 11 is 0. The zero-order valence-corrected chi connectivity index (χ0v) is 15.8. The molecule has 5 heteroatoms. The molecule has 0 saturated heterocycles. The van der Waals surface area contributed by atoms with Crippen LogP contribution in [0.1, 0.15) is 38.3 Å². The van der Waals surface area contributed by atoms with Crippen LogP contribution >= 0.6 is 0 Å². The molecule has 23 heavy (non-hydrogen) atoms. The van der Waals surface area contributed by atoms with Gasteiger partial charge in [0.1, 0.15) is 0 Å². The van der Waals surface area contributed by atoms with Crippen molar-refractivity contribution in [2.75, 3.05) is 0 Å². The van der Waals surface area contributed by atoms with Gasteiger partial charge in [0.2, 0.25) is 0 Å². The third-order valence-electron chi connectivity index (χ3n) is 3.36. The maximum Gasteiger partial charge on any atom is 0.186 e. The van der Waals surface area contributed by atoms with Crippen molar-refractivity contribution in [1.82, 2.24) is 9.78 Å². The molecule has 1 atom stereocenters. The molecule has 0 N–H and O–H groups in total. The van der Waals surface area contributed by atoms with E-state index in [2.05, 4.69) is 46.5 Å². The molecule has 1 heterocycles. The lowest BCUT2D eigenvalue weighted by Crippen LogP contribution is -2.28. The summed E-state index contributed by atoms with van der Waals surface area (Å²) < 4.78 is 7.92. The van der Waals surface area contributed by atoms with Crippen molar-refractivity contribution in [3.8, 4) is 11.8 Å². The number of aromatic nitrogens is 2. The van der Waals surface area contributed by atoms with E-state index in [0.717, 1.165) is 17.1 Å². The fourth-order valence-electron chi connectivity index (χ4n) is 2.23. The molecule has 4 nitrogen and oxygen atoms in total. The quantitative estimate of drug-likeness (QED) is 0.772. The van der Waals surface area contributed by atoms with E-state index >= 15 is 0 Å². The van der Waals surface area contributed by atoms with Gasteiger partial charge in [0.15, 0.2) is 14.4 Å². The Morgan fingerprint density at radius 3 is 2.26 bits per heavy atom. The molecule has 1 aromatic heterocycles. The van der Waals surface area contributed by atoms with Crippen LogP contribution in [0.5, 0.6) is 0 Å². The minimum atomic E-state index is -1.85. The Bertz CT molecular complexity index is 703. The second-order valence-electron chi connectivity index (χ2n) is 7.69. The second kappa shape index (κ2) is 6.30. The van der Waals surface area contributed by atoms with E-state index in [1.165, 1.54) is 0 Å². The Morgan fingerprint density at radius 2 is 1.78 bits per heavy atom. The van der Waals surface area contributed by atoms with Gasteiger partial charge in [-0.3, -0.25) is 0 Å². The Kier molecular flexibility index (Phi) is 4.78. The van der Waals surface area contributed by atoms with E-state index in [-0.39, 0.29) is 5.41 Å². The first-order chi connectivity index (χ1) is 10.6. The lowest BCUT2D eigenvalue weighted by atomic mass is 9.92. The molecule has 2 aromatic rings. The predicted molar refractivity (Wildman–Crippen MR) is 95.0 cm³/mol. The van der Waals surface area contributed by atoms with Gasteiger partial charge in [-0.1, -0.05) is 39.0 Å². The highest BCUT2D eigenvalue weighted by molar-refractivity contribution is 6.69. The summed E-state index contributed by atoms with van der Waals surface area (Å²) in [6.45, 7) is 12.6. The molecule has 0 aliphatic carbocycles. The molecule has 0 radical (unpaired) electrons. The fraction of sp³-hybridized carbons (Fsp3) is 0.444. The first kappa shape index (κ1) is 17.5. The van der Waals surface area contributed by atoms with Crippen molar-refractivity contribution in [3.63, 3.8) is 0 Å². The molecule has 0 fully saturated rings. The molecule has 1 aromatic carbocycles. The van der Waals surface area contributed by atoms with Gasteiger partial charge in [-0.15, -0.1) is 0 Å². The molecule has 0 aliphatic heterocycles. The summed E-state index contributed by atoms with van der Waals surface area (Å²) in [5.41, 5.74) is 2.60. The maximum absolute atomic E-state index is 9.63. The SMILES string of the molecule is CC(C)(C)c1cc(C(C#N)O[Si](C)(C)C)n(-c2ccccc2)n1. The molecular weight excluding hydrogens is 302 g/mol. The molecule has 0 spiro atoms. The van der Waals surface area contributed by atoms with Crippen LogP contribution in [0.2, 0.25) is 19.6 Å². The topological polar surface area (TPSA) is 50.8 Å². The van der Waals surface area contributed by atoms with Crippen molar-refractivity contribution in [1.29, 1.82) is 5.26 Å². The Hall–Kier alpha value is -1.90. The number of hydrogen-bond donors (Lipinski definition) is 0. The number of benzene rings is 1. The van der Waals surface area contributed by atoms with Crippen molar-refractivity contribution in [2.24, 2.45) is 0 Å². The first-order valence-electron chi connectivity index (χ1n) is 7.85. The first-order valence-corrected chi connectivity index (χ1v) is 11.3. The monoisotopic (exact) mass is 327 g/mol. The van der Waals surface area contributed by atoms with Gasteiger partial charge in [-0.2, -0.15) is 10.4 Å². The average Bonchev–Trinajstić information content (AvgIpc) is 2.90. The fourth-order valence-corrected chi connectivity index (χ4v) is 3.11. The number of nitriles is 1. The van der Waals surface area contributed by atoms with Crippen LogP contribution in [0.4, 0.5) is 0 Å². The number of nitrogens with zero attached hydrogens (tertiary/aromatic N) is 3. The van der Waals surface area contributed by atoms with Gasteiger partial charge < -0.3 is 4.43 Å². The molecule has 1 unspecified atom stereocenters. The highest BCUT2D eigenvalue weighted by Crippen LogP contribution is 2.29. The van der Waals surface area contributed by atoms with Crippen LogP contribution in [-0.4, -0.2) is 18.1 Å². The summed E-state index contributed by atoms with van der Waals surface area (Å²) in [6, 6.07) is 14.2. The highest BCUT2D eigenvalue weighted by atomic mass is 28.4. The molecule has 122 valence electrons. The summed E-state index contributed by atoms with van der Waals surface area (Å²) in [5.74, 6) is 0. The van der Waals surface area contributed by atoms with E-state index in [9.17, 15) is 5.26 Å². The lowest BCUT2D eigenvalue weighted by Gasteiger charge is -2.22. The minimum Gasteiger partial charge on any atom is -0.398 e. The summed E-state index contributed by atoms with van der Waals surface area (Å²) in [5, 5.41) is 14.4. The van der Waals surface area contributed by atoms with E-state index in [1.807, 2.05) is 41.1 Å². The third kappa shape index (κ3) is 4.31. The minimum absolute atomic E-state index is 0.0893. The molecular formula is C18H25N3OSi. The van der Waals surface area contributed by atoms with E-state index in [0.29, 0.717) is 0 Å². The van der Waals surface area contributed by atoms with E-state index < -0.39 is 14.4 Å². The van der Waals surface area contributed by atoms with E-state index in [1.54, 1.807) is 0 Å². The van der Waals surface area contributed by atoms with Crippen LogP contribution in [-0.2, 0) is 9.84 Å².